The van der Waals surface area contributed by atoms with Gasteiger partial charge in [-0.15, -0.1) is 0 Å². The summed E-state index contributed by atoms with van der Waals surface area (Å²) in [5.74, 6) is -0.0557. The number of nitrogens with zero attached hydrogens (tertiary/aromatic N) is 2. The zero-order valence-corrected chi connectivity index (χ0v) is 14.1. The summed E-state index contributed by atoms with van der Waals surface area (Å²) in [5.41, 5.74) is -0.0813. The highest BCUT2D eigenvalue weighted by atomic mass is 16.3. The molecular weight excluding hydrogens is 306 g/mol. The molecule has 128 valence electrons. The molecule has 1 amide bonds. The maximum atomic E-state index is 12.6. The van der Waals surface area contributed by atoms with Gasteiger partial charge in [-0.2, -0.15) is 5.10 Å². The molecule has 0 bridgehead atoms. The molecule has 1 aromatic carbocycles. The van der Waals surface area contributed by atoms with Gasteiger partial charge in [-0.05, 0) is 24.8 Å². The molecule has 1 aliphatic rings. The largest absolute Gasteiger partial charge is 0.396 e. The molecule has 3 rings (SSSR count). The summed E-state index contributed by atoms with van der Waals surface area (Å²) in [4.78, 5) is 25.2. The number of rotatable bonds is 6. The van der Waals surface area contributed by atoms with Gasteiger partial charge in [-0.25, -0.2) is 4.68 Å². The molecule has 2 N–H and O–H groups in total. The molecule has 24 heavy (non-hydrogen) atoms. The first kappa shape index (κ1) is 16.6. The van der Waals surface area contributed by atoms with Crippen molar-refractivity contribution in [2.45, 2.75) is 33.2 Å². The Hall–Kier alpha value is -2.21. The lowest BCUT2D eigenvalue weighted by molar-refractivity contribution is 0.0929. The Labute approximate surface area is 140 Å². The van der Waals surface area contributed by atoms with Crippen molar-refractivity contribution in [1.82, 2.24) is 15.1 Å². The topological polar surface area (TPSA) is 84.2 Å². The van der Waals surface area contributed by atoms with Crippen molar-refractivity contribution in [1.29, 1.82) is 0 Å². The molecule has 0 atom stereocenters. The lowest BCUT2D eigenvalue weighted by Gasteiger charge is -2.15. The van der Waals surface area contributed by atoms with Crippen LogP contribution in [0.1, 0.15) is 37.2 Å². The standard InChI is InChI=1S/C18H23N3O3/c1-12(2)9-21-17(24)14-6-4-3-5-13(14)15(20-21)16(23)19-10-18(11-22)7-8-18/h3-6,12,22H,7-11H2,1-2H3,(H,19,23). The maximum Gasteiger partial charge on any atom is 0.274 e. The number of carbonyl (C=O) groups excluding carboxylic acids is 1. The predicted octanol–water partition coefficient (Wildman–Crippen LogP) is 1.55. The zero-order valence-electron chi connectivity index (χ0n) is 14.1. The smallest absolute Gasteiger partial charge is 0.274 e. The van der Waals surface area contributed by atoms with Crippen molar-refractivity contribution in [3.8, 4) is 0 Å². The summed E-state index contributed by atoms with van der Waals surface area (Å²) < 4.78 is 1.38. The van der Waals surface area contributed by atoms with Crippen molar-refractivity contribution in [3.63, 3.8) is 0 Å². The van der Waals surface area contributed by atoms with E-state index in [4.69, 9.17) is 0 Å². The van der Waals surface area contributed by atoms with Crippen LogP contribution in [0.4, 0.5) is 0 Å². The van der Waals surface area contributed by atoms with Gasteiger partial charge >= 0.3 is 0 Å². The Morgan fingerprint density at radius 1 is 1.33 bits per heavy atom. The monoisotopic (exact) mass is 329 g/mol. The number of carbonyl (C=O) groups is 1. The second-order valence-corrected chi connectivity index (χ2v) is 7.12. The van der Waals surface area contributed by atoms with E-state index in [0.29, 0.717) is 23.9 Å². The second kappa shape index (κ2) is 6.36. The number of hydrogen-bond donors (Lipinski definition) is 2. The number of aliphatic hydroxyl groups is 1. The van der Waals surface area contributed by atoms with E-state index in [1.807, 2.05) is 13.8 Å². The van der Waals surface area contributed by atoms with Crippen LogP contribution in [-0.4, -0.2) is 33.9 Å². The summed E-state index contributed by atoms with van der Waals surface area (Å²) in [6.45, 7) is 4.97. The molecule has 1 aliphatic carbocycles. The molecular formula is C18H23N3O3. The zero-order chi connectivity index (χ0) is 17.3. The predicted molar refractivity (Wildman–Crippen MR) is 91.9 cm³/mol. The van der Waals surface area contributed by atoms with E-state index in [2.05, 4.69) is 10.4 Å². The molecule has 2 aromatic rings. The third kappa shape index (κ3) is 3.19. The van der Waals surface area contributed by atoms with Crippen LogP contribution in [0.2, 0.25) is 0 Å². The van der Waals surface area contributed by atoms with Gasteiger partial charge in [-0.3, -0.25) is 9.59 Å². The fourth-order valence-corrected chi connectivity index (χ4v) is 2.79. The van der Waals surface area contributed by atoms with E-state index < -0.39 is 0 Å². The van der Waals surface area contributed by atoms with E-state index >= 15 is 0 Å². The van der Waals surface area contributed by atoms with Gasteiger partial charge in [0, 0.05) is 23.9 Å². The highest BCUT2D eigenvalue weighted by Gasteiger charge is 2.42. The minimum atomic E-state index is -0.302. The van der Waals surface area contributed by atoms with Crippen LogP contribution in [0.15, 0.2) is 29.1 Å². The molecule has 6 nitrogen and oxygen atoms in total. The molecule has 1 heterocycles. The second-order valence-electron chi connectivity index (χ2n) is 7.12. The van der Waals surface area contributed by atoms with Crippen molar-refractivity contribution in [3.05, 3.63) is 40.3 Å². The van der Waals surface area contributed by atoms with Crippen molar-refractivity contribution >= 4 is 16.7 Å². The molecule has 0 unspecified atom stereocenters. The fourth-order valence-electron chi connectivity index (χ4n) is 2.79. The van der Waals surface area contributed by atoms with E-state index in [1.54, 1.807) is 24.3 Å². The summed E-state index contributed by atoms with van der Waals surface area (Å²) in [7, 11) is 0. The van der Waals surface area contributed by atoms with Gasteiger partial charge in [-0.1, -0.05) is 32.0 Å². The van der Waals surface area contributed by atoms with Crippen molar-refractivity contribution in [2.24, 2.45) is 11.3 Å². The van der Waals surface area contributed by atoms with E-state index in [9.17, 15) is 14.7 Å². The number of amides is 1. The van der Waals surface area contributed by atoms with E-state index in [1.165, 1.54) is 4.68 Å². The average molecular weight is 329 g/mol. The van der Waals surface area contributed by atoms with Crippen LogP contribution >= 0.6 is 0 Å². The number of fused-ring (bicyclic) bond motifs is 1. The quantitative estimate of drug-likeness (QED) is 0.842. The first-order valence-corrected chi connectivity index (χ1v) is 8.35. The first-order valence-electron chi connectivity index (χ1n) is 8.35. The first-order chi connectivity index (χ1) is 11.5. The van der Waals surface area contributed by atoms with Gasteiger partial charge < -0.3 is 10.4 Å². The van der Waals surface area contributed by atoms with Gasteiger partial charge in [0.05, 0.1) is 12.0 Å². The number of hydrogen-bond acceptors (Lipinski definition) is 4. The Bertz CT molecular complexity index is 822. The number of aromatic nitrogens is 2. The normalized spacial score (nSPS) is 15.7. The Morgan fingerprint density at radius 3 is 2.58 bits per heavy atom. The van der Waals surface area contributed by atoms with Crippen molar-refractivity contribution in [2.75, 3.05) is 13.2 Å². The van der Waals surface area contributed by atoms with Gasteiger partial charge in [0.1, 0.15) is 0 Å². The molecule has 0 aliphatic heterocycles. The van der Waals surface area contributed by atoms with Crippen LogP contribution in [0, 0.1) is 11.3 Å². The fraction of sp³-hybridized carbons (Fsp3) is 0.500. The minimum Gasteiger partial charge on any atom is -0.396 e. The molecule has 6 heteroatoms. The van der Waals surface area contributed by atoms with Crippen molar-refractivity contribution < 1.29 is 9.90 Å². The lowest BCUT2D eigenvalue weighted by atomic mass is 10.1. The van der Waals surface area contributed by atoms with Gasteiger partial charge in [0.15, 0.2) is 5.69 Å². The summed E-state index contributed by atoms with van der Waals surface area (Å²) in [6, 6.07) is 7.06. The number of nitrogens with one attached hydrogen (secondary N) is 1. The lowest BCUT2D eigenvalue weighted by Crippen LogP contribution is -2.35. The van der Waals surface area contributed by atoms with Crippen LogP contribution in [0.25, 0.3) is 10.8 Å². The van der Waals surface area contributed by atoms with E-state index in [-0.39, 0.29) is 35.1 Å². The minimum absolute atomic E-state index is 0.0777. The summed E-state index contributed by atoms with van der Waals surface area (Å²) >= 11 is 0. The summed E-state index contributed by atoms with van der Waals surface area (Å²) in [6.07, 6.45) is 1.84. The third-order valence-electron chi connectivity index (χ3n) is 4.54. The van der Waals surface area contributed by atoms with Gasteiger partial charge in [0.2, 0.25) is 0 Å². The molecule has 1 fully saturated rings. The Kier molecular flexibility index (Phi) is 4.41. The number of benzene rings is 1. The average Bonchev–Trinajstić information content (AvgIpc) is 3.35. The van der Waals surface area contributed by atoms with Crippen LogP contribution in [0.5, 0.6) is 0 Å². The summed E-state index contributed by atoms with van der Waals surface area (Å²) in [5, 5.41) is 17.6. The molecule has 0 spiro atoms. The highest BCUT2D eigenvalue weighted by Crippen LogP contribution is 2.44. The maximum absolute atomic E-state index is 12.6. The Balaban J connectivity index is 1.97. The van der Waals surface area contributed by atoms with Crippen LogP contribution in [0.3, 0.4) is 0 Å². The molecule has 1 saturated carbocycles. The van der Waals surface area contributed by atoms with Gasteiger partial charge in [0.25, 0.3) is 11.5 Å². The Morgan fingerprint density at radius 2 is 2.00 bits per heavy atom. The molecule has 1 aromatic heterocycles. The molecule has 0 radical (unpaired) electrons. The third-order valence-corrected chi connectivity index (χ3v) is 4.54. The van der Waals surface area contributed by atoms with Crippen LogP contribution in [-0.2, 0) is 6.54 Å². The molecule has 0 saturated heterocycles. The highest BCUT2D eigenvalue weighted by molar-refractivity contribution is 6.04. The van der Waals surface area contributed by atoms with E-state index in [0.717, 1.165) is 12.8 Å². The van der Waals surface area contributed by atoms with Crippen LogP contribution < -0.4 is 10.9 Å². The number of aliphatic hydroxyl groups excluding tert-OH is 1. The SMILES string of the molecule is CC(C)Cn1nc(C(=O)NCC2(CO)CC2)c2ccccc2c1=O.